The lowest BCUT2D eigenvalue weighted by atomic mass is 9.96. The minimum atomic E-state index is 0.153. The Bertz CT molecular complexity index is 745. The Morgan fingerprint density at radius 1 is 1.08 bits per heavy atom. The van der Waals surface area contributed by atoms with Crippen molar-refractivity contribution >= 4 is 17.8 Å². The van der Waals surface area contributed by atoms with Crippen LogP contribution in [0.1, 0.15) is 39.5 Å². The summed E-state index contributed by atoms with van der Waals surface area (Å²) < 4.78 is 0. The highest BCUT2D eigenvalue weighted by Gasteiger charge is 2.12. The second-order valence-corrected chi connectivity index (χ2v) is 6.36. The first-order valence-electron chi connectivity index (χ1n) is 8.35. The maximum absolute atomic E-state index is 12.6. The first-order chi connectivity index (χ1) is 11.4. The fourth-order valence-electron chi connectivity index (χ4n) is 2.47. The van der Waals surface area contributed by atoms with Gasteiger partial charge in [0.1, 0.15) is 0 Å². The van der Waals surface area contributed by atoms with Crippen LogP contribution < -0.4 is 0 Å². The Labute approximate surface area is 145 Å². The van der Waals surface area contributed by atoms with Crippen molar-refractivity contribution in [3.8, 4) is 0 Å². The highest BCUT2D eigenvalue weighted by molar-refractivity contribution is 5.99. The van der Waals surface area contributed by atoms with E-state index in [4.69, 9.17) is 0 Å². The van der Waals surface area contributed by atoms with Gasteiger partial charge in [0.15, 0.2) is 5.78 Å². The molecule has 0 aliphatic rings. The molecule has 2 aromatic rings. The number of ketones is 1. The van der Waals surface area contributed by atoms with E-state index in [2.05, 4.69) is 11.9 Å². The van der Waals surface area contributed by atoms with Crippen LogP contribution in [-0.2, 0) is 6.42 Å². The van der Waals surface area contributed by atoms with Crippen LogP contribution in [0.2, 0.25) is 0 Å². The Kier molecular flexibility index (Phi) is 5.91. The number of nitrogens with zero attached hydrogens (tertiary/aromatic N) is 2. The lowest BCUT2D eigenvalue weighted by Gasteiger charge is -2.11. The van der Waals surface area contributed by atoms with Gasteiger partial charge in [-0.2, -0.15) is 0 Å². The van der Waals surface area contributed by atoms with Crippen molar-refractivity contribution in [3.05, 3.63) is 64.2 Å². The number of carbonyl (C=O) groups is 1. The molecule has 0 bridgehead atoms. The van der Waals surface area contributed by atoms with Gasteiger partial charge in [-0.1, -0.05) is 29.8 Å². The van der Waals surface area contributed by atoms with Crippen molar-refractivity contribution in [1.29, 1.82) is 0 Å². The van der Waals surface area contributed by atoms with E-state index in [0.717, 1.165) is 34.5 Å². The van der Waals surface area contributed by atoms with E-state index in [1.54, 1.807) is 0 Å². The van der Waals surface area contributed by atoms with Crippen LogP contribution in [0.15, 0.2) is 41.4 Å². The highest BCUT2D eigenvalue weighted by atomic mass is 16.1. The van der Waals surface area contributed by atoms with Gasteiger partial charge < -0.3 is 4.90 Å². The van der Waals surface area contributed by atoms with Crippen molar-refractivity contribution in [2.75, 3.05) is 13.6 Å². The first kappa shape index (κ1) is 17.9. The molecule has 126 valence electrons. The Morgan fingerprint density at radius 3 is 2.38 bits per heavy atom. The van der Waals surface area contributed by atoms with Crippen LogP contribution in [-0.4, -0.2) is 30.6 Å². The maximum Gasteiger partial charge on any atom is 0.167 e. The van der Waals surface area contributed by atoms with Crippen molar-refractivity contribution in [2.45, 2.75) is 34.1 Å². The standard InChI is InChI=1S/C21H26N2O/c1-6-23(5)14-22-20-12-16(3)19(11-17(20)4)21(24)13-18-9-7-15(2)8-10-18/h7-12,14H,6,13H2,1-5H3. The summed E-state index contributed by atoms with van der Waals surface area (Å²) in [6.45, 7) is 9.02. The van der Waals surface area contributed by atoms with E-state index in [-0.39, 0.29) is 5.78 Å². The molecular weight excluding hydrogens is 296 g/mol. The van der Waals surface area contributed by atoms with Gasteiger partial charge in [-0.05, 0) is 56.5 Å². The number of Topliss-reactive ketones (excluding diaryl/α,β-unsaturated/α-hetero) is 1. The normalized spacial score (nSPS) is 11.0. The number of hydrogen-bond acceptors (Lipinski definition) is 2. The molecule has 2 aromatic carbocycles. The quantitative estimate of drug-likeness (QED) is 0.440. The summed E-state index contributed by atoms with van der Waals surface area (Å²) in [6, 6.07) is 12.1. The molecule has 0 saturated heterocycles. The average Bonchev–Trinajstić information content (AvgIpc) is 2.56. The molecule has 0 aromatic heterocycles. The van der Waals surface area contributed by atoms with E-state index in [1.807, 2.05) is 75.5 Å². The lowest BCUT2D eigenvalue weighted by Crippen LogP contribution is -2.14. The zero-order valence-corrected chi connectivity index (χ0v) is 15.3. The van der Waals surface area contributed by atoms with Gasteiger partial charge in [-0.3, -0.25) is 4.79 Å². The maximum atomic E-state index is 12.6. The Hall–Kier alpha value is -2.42. The number of hydrogen-bond donors (Lipinski definition) is 0. The molecule has 2 rings (SSSR count). The topological polar surface area (TPSA) is 32.7 Å². The summed E-state index contributed by atoms with van der Waals surface area (Å²) in [7, 11) is 1.99. The summed E-state index contributed by atoms with van der Waals surface area (Å²) in [6.07, 6.45) is 2.26. The van der Waals surface area contributed by atoms with Crippen LogP contribution in [0.4, 0.5) is 5.69 Å². The van der Waals surface area contributed by atoms with E-state index in [9.17, 15) is 4.79 Å². The molecule has 0 aliphatic heterocycles. The molecule has 3 heteroatoms. The van der Waals surface area contributed by atoms with Crippen LogP contribution in [0.5, 0.6) is 0 Å². The predicted molar refractivity (Wildman–Crippen MR) is 102 cm³/mol. The van der Waals surface area contributed by atoms with Crippen LogP contribution in [0.25, 0.3) is 0 Å². The number of carbonyl (C=O) groups excluding carboxylic acids is 1. The SMILES string of the molecule is CCN(C)C=Nc1cc(C)c(C(=O)Cc2ccc(C)cc2)cc1C. The third-order valence-electron chi connectivity index (χ3n) is 4.22. The van der Waals surface area contributed by atoms with Crippen LogP contribution >= 0.6 is 0 Å². The summed E-state index contributed by atoms with van der Waals surface area (Å²) in [5, 5.41) is 0. The summed E-state index contributed by atoms with van der Waals surface area (Å²) in [5.74, 6) is 0.153. The molecule has 3 nitrogen and oxygen atoms in total. The smallest absolute Gasteiger partial charge is 0.167 e. The number of aryl methyl sites for hydroxylation is 3. The van der Waals surface area contributed by atoms with Crippen molar-refractivity contribution in [2.24, 2.45) is 4.99 Å². The molecule has 0 N–H and O–H groups in total. The van der Waals surface area contributed by atoms with Gasteiger partial charge in [-0.15, -0.1) is 0 Å². The van der Waals surface area contributed by atoms with Crippen LogP contribution in [0.3, 0.4) is 0 Å². The summed E-state index contributed by atoms with van der Waals surface area (Å²) in [4.78, 5) is 19.2. The molecule has 0 saturated carbocycles. The van der Waals surface area contributed by atoms with Crippen molar-refractivity contribution in [3.63, 3.8) is 0 Å². The fourth-order valence-corrected chi connectivity index (χ4v) is 2.47. The first-order valence-corrected chi connectivity index (χ1v) is 8.35. The molecule has 24 heavy (non-hydrogen) atoms. The second-order valence-electron chi connectivity index (χ2n) is 6.36. The molecule has 0 radical (unpaired) electrons. The average molecular weight is 322 g/mol. The molecular formula is C21H26N2O. The monoisotopic (exact) mass is 322 g/mol. The van der Waals surface area contributed by atoms with Gasteiger partial charge in [0, 0.05) is 25.6 Å². The van der Waals surface area contributed by atoms with Crippen molar-refractivity contribution < 1.29 is 4.79 Å². The molecule has 0 heterocycles. The zero-order chi connectivity index (χ0) is 17.7. The molecule has 0 aliphatic carbocycles. The third-order valence-corrected chi connectivity index (χ3v) is 4.22. The summed E-state index contributed by atoms with van der Waals surface area (Å²) in [5.41, 5.74) is 5.96. The van der Waals surface area contributed by atoms with Gasteiger partial charge in [0.25, 0.3) is 0 Å². The third kappa shape index (κ3) is 4.54. The number of benzene rings is 2. The molecule has 0 atom stereocenters. The summed E-state index contributed by atoms with van der Waals surface area (Å²) >= 11 is 0. The van der Waals surface area contributed by atoms with Crippen molar-refractivity contribution in [1.82, 2.24) is 4.90 Å². The van der Waals surface area contributed by atoms with E-state index in [1.165, 1.54) is 5.56 Å². The van der Waals surface area contributed by atoms with Gasteiger partial charge in [-0.25, -0.2) is 4.99 Å². The highest BCUT2D eigenvalue weighted by Crippen LogP contribution is 2.24. The zero-order valence-electron chi connectivity index (χ0n) is 15.3. The van der Waals surface area contributed by atoms with E-state index in [0.29, 0.717) is 6.42 Å². The Balaban J connectivity index is 2.21. The fraction of sp³-hybridized carbons (Fsp3) is 0.333. The minimum Gasteiger partial charge on any atom is -0.366 e. The van der Waals surface area contributed by atoms with E-state index >= 15 is 0 Å². The molecule has 0 unspecified atom stereocenters. The van der Waals surface area contributed by atoms with Gasteiger partial charge in [0.2, 0.25) is 0 Å². The predicted octanol–water partition coefficient (Wildman–Crippen LogP) is 4.65. The van der Waals surface area contributed by atoms with E-state index < -0.39 is 0 Å². The number of rotatable bonds is 6. The number of aliphatic imine (C=N–C) groups is 1. The molecule has 0 spiro atoms. The van der Waals surface area contributed by atoms with Gasteiger partial charge >= 0.3 is 0 Å². The molecule has 0 fully saturated rings. The lowest BCUT2D eigenvalue weighted by molar-refractivity contribution is 0.0992. The largest absolute Gasteiger partial charge is 0.366 e. The second kappa shape index (κ2) is 7.91. The van der Waals surface area contributed by atoms with Gasteiger partial charge in [0.05, 0.1) is 12.0 Å². The molecule has 0 amide bonds. The Morgan fingerprint density at radius 2 is 1.75 bits per heavy atom. The minimum absolute atomic E-state index is 0.153. The van der Waals surface area contributed by atoms with Crippen LogP contribution in [0, 0.1) is 20.8 Å².